The third-order valence-electron chi connectivity index (χ3n) is 3.39. The van der Waals surface area contributed by atoms with Crippen molar-refractivity contribution in [2.45, 2.75) is 0 Å². The Morgan fingerprint density at radius 3 is 2.25 bits per heavy atom. The fourth-order valence-corrected chi connectivity index (χ4v) is 2.31. The second-order valence-electron chi connectivity index (χ2n) is 4.85. The normalized spacial score (nSPS) is 11.0. The number of halogens is 4. The second kappa shape index (κ2) is 5.44. The van der Waals surface area contributed by atoms with Crippen LogP contribution in [0.15, 0.2) is 41.3 Å². The first kappa shape index (κ1) is 15.7. The number of hydrogen-bond donors (Lipinski definition) is 0. The Labute approximate surface area is 130 Å². The molecule has 3 rings (SSSR count). The topological polar surface area (TPSA) is 65.1 Å². The van der Waals surface area contributed by atoms with Crippen molar-refractivity contribution in [3.63, 3.8) is 0 Å². The standard InChI is InChI=1S/C15H6F4N2O3/c16-7-1-2-12(11(19)3-7)20-6-14(21(23)24)15(22)8-4-9(17)10(18)5-13(8)20/h1-6H. The molecule has 9 heteroatoms. The molecule has 0 N–H and O–H groups in total. The summed E-state index contributed by atoms with van der Waals surface area (Å²) in [7, 11) is 0. The van der Waals surface area contributed by atoms with E-state index in [1.807, 2.05) is 0 Å². The molecule has 24 heavy (non-hydrogen) atoms. The van der Waals surface area contributed by atoms with Gasteiger partial charge < -0.3 is 4.57 Å². The molecule has 0 aliphatic heterocycles. The average Bonchev–Trinajstić information content (AvgIpc) is 2.50. The molecule has 0 spiro atoms. The van der Waals surface area contributed by atoms with Crippen LogP contribution in [-0.4, -0.2) is 9.49 Å². The van der Waals surface area contributed by atoms with E-state index in [-0.39, 0.29) is 11.2 Å². The van der Waals surface area contributed by atoms with Crippen LogP contribution in [0.25, 0.3) is 16.6 Å². The van der Waals surface area contributed by atoms with Crippen LogP contribution in [0.4, 0.5) is 23.2 Å². The molecule has 0 fully saturated rings. The summed E-state index contributed by atoms with van der Waals surface area (Å²) in [5, 5.41) is 10.5. The molecule has 0 radical (unpaired) electrons. The van der Waals surface area contributed by atoms with Gasteiger partial charge in [0.2, 0.25) is 0 Å². The number of pyridine rings is 1. The summed E-state index contributed by atoms with van der Waals surface area (Å²) in [4.78, 5) is 22.0. The van der Waals surface area contributed by atoms with Crippen molar-refractivity contribution in [2.24, 2.45) is 0 Å². The summed E-state index contributed by atoms with van der Waals surface area (Å²) < 4.78 is 54.8. The number of fused-ring (bicyclic) bond motifs is 1. The van der Waals surface area contributed by atoms with Crippen molar-refractivity contribution in [1.29, 1.82) is 0 Å². The SMILES string of the molecule is O=c1c([N+](=O)[O-])cn(-c2ccc(F)cc2F)c2cc(F)c(F)cc12. The molecule has 0 aliphatic rings. The Balaban J connectivity index is 2.50. The maximum absolute atomic E-state index is 14.0. The van der Waals surface area contributed by atoms with Gasteiger partial charge >= 0.3 is 5.69 Å². The van der Waals surface area contributed by atoms with Gasteiger partial charge in [0.05, 0.1) is 27.7 Å². The molecule has 1 heterocycles. The molecule has 3 aromatic rings. The molecular weight excluding hydrogens is 332 g/mol. The van der Waals surface area contributed by atoms with Crippen LogP contribution in [0.1, 0.15) is 0 Å². The first-order valence-electron chi connectivity index (χ1n) is 6.44. The van der Waals surface area contributed by atoms with Crippen molar-refractivity contribution in [3.05, 3.63) is 80.1 Å². The van der Waals surface area contributed by atoms with E-state index in [1.165, 1.54) is 0 Å². The number of hydrogen-bond acceptors (Lipinski definition) is 3. The molecule has 0 aliphatic carbocycles. The van der Waals surface area contributed by atoms with E-state index in [0.717, 1.165) is 16.7 Å². The maximum atomic E-state index is 14.0. The molecule has 0 bridgehead atoms. The van der Waals surface area contributed by atoms with E-state index in [4.69, 9.17) is 0 Å². The van der Waals surface area contributed by atoms with Crippen LogP contribution in [0.2, 0.25) is 0 Å². The molecule has 2 aromatic carbocycles. The highest BCUT2D eigenvalue weighted by atomic mass is 19.2. The van der Waals surface area contributed by atoms with Crippen molar-refractivity contribution < 1.29 is 22.5 Å². The molecule has 0 atom stereocenters. The van der Waals surface area contributed by atoms with Crippen LogP contribution < -0.4 is 5.43 Å². The number of nitro groups is 1. The number of nitrogens with zero attached hydrogens (tertiary/aromatic N) is 2. The summed E-state index contributed by atoms with van der Waals surface area (Å²) in [6.07, 6.45) is 0.679. The summed E-state index contributed by atoms with van der Waals surface area (Å²) in [6, 6.07) is 3.47. The van der Waals surface area contributed by atoms with Gasteiger partial charge in [0, 0.05) is 12.1 Å². The molecule has 1 aromatic heterocycles. The Morgan fingerprint density at radius 1 is 0.958 bits per heavy atom. The Hall–Kier alpha value is -3.23. The van der Waals surface area contributed by atoms with Gasteiger partial charge in [0.15, 0.2) is 11.6 Å². The van der Waals surface area contributed by atoms with Crippen LogP contribution in [0.3, 0.4) is 0 Å². The van der Waals surface area contributed by atoms with E-state index in [1.54, 1.807) is 0 Å². The molecule has 122 valence electrons. The Morgan fingerprint density at radius 2 is 1.62 bits per heavy atom. The van der Waals surface area contributed by atoms with Crippen LogP contribution in [0.5, 0.6) is 0 Å². The first-order valence-corrected chi connectivity index (χ1v) is 6.44. The molecular formula is C15H6F4N2O3. The second-order valence-corrected chi connectivity index (χ2v) is 4.85. The molecule has 0 unspecified atom stereocenters. The number of aromatic nitrogens is 1. The third kappa shape index (κ3) is 2.39. The lowest BCUT2D eigenvalue weighted by Gasteiger charge is -2.12. The Bertz CT molecular complexity index is 1060. The van der Waals surface area contributed by atoms with E-state index in [9.17, 15) is 32.5 Å². The molecule has 0 amide bonds. The molecule has 0 saturated carbocycles. The molecule has 5 nitrogen and oxygen atoms in total. The summed E-state index contributed by atoms with van der Waals surface area (Å²) >= 11 is 0. The fourth-order valence-electron chi connectivity index (χ4n) is 2.31. The minimum atomic E-state index is -1.38. The third-order valence-corrected chi connectivity index (χ3v) is 3.39. The van der Waals surface area contributed by atoms with Gasteiger partial charge in [0.1, 0.15) is 11.6 Å². The van der Waals surface area contributed by atoms with Gasteiger partial charge in [-0.25, -0.2) is 17.6 Å². The monoisotopic (exact) mass is 338 g/mol. The van der Waals surface area contributed by atoms with Gasteiger partial charge in [-0.05, 0) is 18.2 Å². The zero-order chi connectivity index (χ0) is 17.6. The number of rotatable bonds is 2. The van der Waals surface area contributed by atoms with Gasteiger partial charge in [0.25, 0.3) is 5.43 Å². The molecule has 0 saturated heterocycles. The zero-order valence-electron chi connectivity index (χ0n) is 11.6. The predicted octanol–water partition coefficient (Wildman–Crippen LogP) is 3.46. The van der Waals surface area contributed by atoms with Crippen molar-refractivity contribution in [1.82, 2.24) is 4.57 Å². The van der Waals surface area contributed by atoms with Crippen molar-refractivity contribution in [2.75, 3.05) is 0 Å². The fraction of sp³-hybridized carbons (Fsp3) is 0. The largest absolute Gasteiger partial charge is 0.333 e. The average molecular weight is 338 g/mol. The maximum Gasteiger partial charge on any atom is 0.333 e. The van der Waals surface area contributed by atoms with Crippen LogP contribution in [-0.2, 0) is 0 Å². The first-order chi connectivity index (χ1) is 11.3. The van der Waals surface area contributed by atoms with E-state index in [2.05, 4.69) is 0 Å². The van der Waals surface area contributed by atoms with Crippen molar-refractivity contribution >= 4 is 16.6 Å². The minimum absolute atomic E-state index is 0.296. The summed E-state index contributed by atoms with van der Waals surface area (Å²) in [5.41, 5.74) is -2.77. The van der Waals surface area contributed by atoms with Gasteiger partial charge in [-0.15, -0.1) is 0 Å². The lowest BCUT2D eigenvalue weighted by molar-refractivity contribution is -0.386. The van der Waals surface area contributed by atoms with E-state index >= 15 is 0 Å². The highest BCUT2D eigenvalue weighted by Gasteiger charge is 2.21. The van der Waals surface area contributed by atoms with Crippen LogP contribution >= 0.6 is 0 Å². The van der Waals surface area contributed by atoms with Crippen molar-refractivity contribution in [3.8, 4) is 5.69 Å². The minimum Gasteiger partial charge on any atom is -0.307 e. The van der Waals surface area contributed by atoms with Gasteiger partial charge in [-0.1, -0.05) is 0 Å². The van der Waals surface area contributed by atoms with E-state index < -0.39 is 44.7 Å². The smallest absolute Gasteiger partial charge is 0.307 e. The predicted molar refractivity (Wildman–Crippen MR) is 76.0 cm³/mol. The van der Waals surface area contributed by atoms with Gasteiger partial charge in [-0.2, -0.15) is 0 Å². The lowest BCUT2D eigenvalue weighted by Crippen LogP contribution is -2.14. The number of benzene rings is 2. The van der Waals surface area contributed by atoms with Gasteiger partial charge in [-0.3, -0.25) is 14.9 Å². The quantitative estimate of drug-likeness (QED) is 0.408. The van der Waals surface area contributed by atoms with Crippen LogP contribution in [0, 0.1) is 33.4 Å². The highest BCUT2D eigenvalue weighted by molar-refractivity contribution is 5.83. The highest BCUT2D eigenvalue weighted by Crippen LogP contribution is 2.24. The summed E-state index contributed by atoms with van der Waals surface area (Å²) in [5.74, 6) is -4.70. The zero-order valence-corrected chi connectivity index (χ0v) is 11.6. The lowest BCUT2D eigenvalue weighted by atomic mass is 10.1. The Kier molecular flexibility index (Phi) is 3.55. The van der Waals surface area contributed by atoms with E-state index in [0.29, 0.717) is 24.4 Å². The summed E-state index contributed by atoms with van der Waals surface area (Å²) in [6.45, 7) is 0.